The lowest BCUT2D eigenvalue weighted by Gasteiger charge is -2.36. The summed E-state index contributed by atoms with van der Waals surface area (Å²) in [7, 11) is 0. The molecule has 6 heteroatoms. The Bertz CT molecular complexity index is 1080. The van der Waals surface area contributed by atoms with Gasteiger partial charge >= 0.3 is 0 Å². The molecule has 1 amide bonds. The minimum absolute atomic E-state index is 0.0146. The van der Waals surface area contributed by atoms with Gasteiger partial charge in [-0.2, -0.15) is 0 Å². The number of ether oxygens (including phenoxy) is 1. The van der Waals surface area contributed by atoms with Crippen molar-refractivity contribution in [1.82, 2.24) is 9.88 Å². The van der Waals surface area contributed by atoms with E-state index in [-0.39, 0.29) is 5.91 Å². The van der Waals surface area contributed by atoms with Gasteiger partial charge in [-0.1, -0.05) is 11.6 Å². The summed E-state index contributed by atoms with van der Waals surface area (Å²) in [5.41, 5.74) is 4.48. The highest BCUT2D eigenvalue weighted by atomic mass is 35.5. The number of hydrogen-bond donors (Lipinski definition) is 2. The van der Waals surface area contributed by atoms with Crippen LogP contribution in [0.1, 0.15) is 40.9 Å². The summed E-state index contributed by atoms with van der Waals surface area (Å²) in [6, 6.07) is 13.0. The Balaban J connectivity index is 1.35. The number of benzene rings is 2. The first-order chi connectivity index (χ1) is 14.6. The number of aryl methyl sites for hydroxylation is 2. The van der Waals surface area contributed by atoms with Crippen molar-refractivity contribution in [3.05, 3.63) is 64.3 Å². The Labute approximate surface area is 180 Å². The third-order valence-electron chi connectivity index (χ3n) is 6.26. The molecule has 2 heterocycles. The molecule has 30 heavy (non-hydrogen) atoms. The lowest BCUT2D eigenvalue weighted by atomic mass is 9.95. The Hall–Kier alpha value is -2.50. The number of carbonyl (C=O) groups excluding carboxylic acids is 1. The average Bonchev–Trinajstić information content (AvgIpc) is 3.14. The molecule has 0 radical (unpaired) electrons. The van der Waals surface area contributed by atoms with Crippen molar-refractivity contribution in [1.29, 1.82) is 0 Å². The van der Waals surface area contributed by atoms with Gasteiger partial charge in [0.15, 0.2) is 0 Å². The number of nitrogens with zero attached hydrogens (tertiary/aromatic N) is 1. The number of fused-ring (bicyclic) bond motifs is 3. The molecule has 1 aromatic heterocycles. The third kappa shape index (κ3) is 3.68. The standard InChI is InChI=1S/C24H25ClN2O3/c25-16-6-8-17(9-7-16)30-23-14-27(12-11-22(23)28)24(29)15-5-10-21-19(13-15)18-3-1-2-4-20(18)26-21/h5-10,13,22-23,26,28H,1-4,11-12,14H2/t22-,23-/m1/s1. The fraction of sp³-hybridized carbons (Fsp3) is 0.375. The van der Waals surface area contributed by atoms with E-state index in [2.05, 4.69) is 4.98 Å². The van der Waals surface area contributed by atoms with Gasteiger partial charge in [-0.15, -0.1) is 0 Å². The molecule has 5 rings (SSSR count). The van der Waals surface area contributed by atoms with Crippen LogP contribution < -0.4 is 4.74 Å². The molecule has 1 aliphatic heterocycles. The van der Waals surface area contributed by atoms with Crippen molar-refractivity contribution < 1.29 is 14.6 Å². The molecule has 0 unspecified atom stereocenters. The number of halogens is 1. The fourth-order valence-corrected chi connectivity index (χ4v) is 4.74. The molecule has 156 valence electrons. The number of amides is 1. The molecular weight excluding hydrogens is 400 g/mol. The zero-order valence-electron chi connectivity index (χ0n) is 16.7. The zero-order chi connectivity index (χ0) is 20.7. The van der Waals surface area contributed by atoms with E-state index in [1.165, 1.54) is 29.5 Å². The number of aromatic amines is 1. The summed E-state index contributed by atoms with van der Waals surface area (Å²) in [5.74, 6) is 0.623. The number of nitrogens with one attached hydrogen (secondary N) is 1. The van der Waals surface area contributed by atoms with E-state index < -0.39 is 12.2 Å². The van der Waals surface area contributed by atoms with E-state index in [4.69, 9.17) is 16.3 Å². The normalized spacial score (nSPS) is 21.5. The van der Waals surface area contributed by atoms with Gasteiger partial charge in [-0.25, -0.2) is 0 Å². The second-order valence-electron chi connectivity index (χ2n) is 8.27. The summed E-state index contributed by atoms with van der Waals surface area (Å²) >= 11 is 5.93. The number of aromatic nitrogens is 1. The van der Waals surface area contributed by atoms with Gasteiger partial charge in [0.2, 0.25) is 0 Å². The number of aliphatic hydroxyl groups excluding tert-OH is 1. The summed E-state index contributed by atoms with van der Waals surface area (Å²) in [6.07, 6.45) is 3.99. The monoisotopic (exact) mass is 424 g/mol. The Morgan fingerprint density at radius 2 is 1.93 bits per heavy atom. The average molecular weight is 425 g/mol. The maximum atomic E-state index is 13.2. The second kappa shape index (κ2) is 7.97. The van der Waals surface area contributed by atoms with Crippen LogP contribution in [0.4, 0.5) is 0 Å². The summed E-state index contributed by atoms with van der Waals surface area (Å²) in [5, 5.41) is 12.2. The molecule has 0 spiro atoms. The molecule has 1 aliphatic carbocycles. The highest BCUT2D eigenvalue weighted by Gasteiger charge is 2.32. The molecule has 5 nitrogen and oxygen atoms in total. The predicted molar refractivity (Wildman–Crippen MR) is 117 cm³/mol. The van der Waals surface area contributed by atoms with Gasteiger partial charge in [0.05, 0.1) is 12.6 Å². The van der Waals surface area contributed by atoms with Gasteiger partial charge in [-0.3, -0.25) is 4.79 Å². The van der Waals surface area contributed by atoms with Gasteiger partial charge in [0.25, 0.3) is 5.91 Å². The van der Waals surface area contributed by atoms with Crippen LogP contribution in [-0.4, -0.2) is 46.2 Å². The van der Waals surface area contributed by atoms with Crippen LogP contribution in [0.3, 0.4) is 0 Å². The van der Waals surface area contributed by atoms with Crippen molar-refractivity contribution in [2.75, 3.05) is 13.1 Å². The molecule has 2 aliphatic rings. The van der Waals surface area contributed by atoms with E-state index in [0.29, 0.717) is 35.8 Å². The molecule has 2 aromatic carbocycles. The van der Waals surface area contributed by atoms with E-state index >= 15 is 0 Å². The number of H-pyrrole nitrogens is 1. The number of likely N-dealkylation sites (tertiary alicyclic amines) is 1. The Morgan fingerprint density at radius 1 is 1.13 bits per heavy atom. The number of aliphatic hydroxyl groups is 1. The van der Waals surface area contributed by atoms with Crippen molar-refractivity contribution in [3.63, 3.8) is 0 Å². The van der Waals surface area contributed by atoms with E-state index in [9.17, 15) is 9.90 Å². The number of hydrogen-bond acceptors (Lipinski definition) is 3. The summed E-state index contributed by atoms with van der Waals surface area (Å²) < 4.78 is 5.96. The molecule has 2 atom stereocenters. The van der Waals surface area contributed by atoms with Gasteiger partial charge in [0, 0.05) is 33.7 Å². The second-order valence-corrected chi connectivity index (χ2v) is 8.70. The van der Waals surface area contributed by atoms with Crippen LogP contribution in [0.25, 0.3) is 10.9 Å². The molecule has 2 N–H and O–H groups in total. The van der Waals surface area contributed by atoms with Crippen molar-refractivity contribution in [3.8, 4) is 5.75 Å². The SMILES string of the molecule is O=C(c1ccc2[nH]c3c(c2c1)CCCC3)N1CC[C@@H](O)[C@H](Oc2ccc(Cl)cc2)C1. The molecule has 0 saturated carbocycles. The zero-order valence-corrected chi connectivity index (χ0v) is 17.5. The fourth-order valence-electron chi connectivity index (χ4n) is 4.61. The third-order valence-corrected chi connectivity index (χ3v) is 6.51. The first-order valence-electron chi connectivity index (χ1n) is 10.6. The van der Waals surface area contributed by atoms with Crippen LogP contribution in [0.2, 0.25) is 5.02 Å². The largest absolute Gasteiger partial charge is 0.486 e. The first kappa shape index (κ1) is 19.5. The molecule has 1 fully saturated rings. The van der Waals surface area contributed by atoms with Gasteiger partial charge in [0.1, 0.15) is 11.9 Å². The van der Waals surface area contributed by atoms with E-state index in [0.717, 1.165) is 18.4 Å². The predicted octanol–water partition coefficient (Wildman–Crippen LogP) is 4.35. The topological polar surface area (TPSA) is 65.6 Å². The molecule has 0 bridgehead atoms. The Kier molecular flexibility index (Phi) is 5.17. The maximum absolute atomic E-state index is 13.2. The summed E-state index contributed by atoms with van der Waals surface area (Å²) in [6.45, 7) is 0.871. The van der Waals surface area contributed by atoms with E-state index in [1.807, 2.05) is 18.2 Å². The van der Waals surface area contributed by atoms with Crippen molar-refractivity contribution >= 4 is 28.4 Å². The van der Waals surface area contributed by atoms with Crippen LogP contribution in [-0.2, 0) is 12.8 Å². The lowest BCUT2D eigenvalue weighted by Crippen LogP contribution is -2.51. The molecule has 1 saturated heterocycles. The van der Waals surface area contributed by atoms with Crippen LogP contribution >= 0.6 is 11.6 Å². The molecule has 3 aromatic rings. The number of rotatable bonds is 3. The maximum Gasteiger partial charge on any atom is 0.254 e. The van der Waals surface area contributed by atoms with Gasteiger partial charge in [-0.05, 0) is 80.1 Å². The quantitative estimate of drug-likeness (QED) is 0.656. The smallest absolute Gasteiger partial charge is 0.254 e. The highest BCUT2D eigenvalue weighted by molar-refractivity contribution is 6.30. The minimum Gasteiger partial charge on any atom is -0.486 e. The van der Waals surface area contributed by atoms with Crippen LogP contribution in [0, 0.1) is 0 Å². The van der Waals surface area contributed by atoms with Crippen molar-refractivity contribution in [2.24, 2.45) is 0 Å². The summed E-state index contributed by atoms with van der Waals surface area (Å²) in [4.78, 5) is 18.5. The van der Waals surface area contributed by atoms with Crippen LogP contribution in [0.5, 0.6) is 5.75 Å². The minimum atomic E-state index is -0.607. The van der Waals surface area contributed by atoms with E-state index in [1.54, 1.807) is 29.2 Å². The number of carbonyl (C=O) groups is 1. The Morgan fingerprint density at radius 3 is 2.77 bits per heavy atom. The van der Waals surface area contributed by atoms with Gasteiger partial charge < -0.3 is 19.7 Å². The highest BCUT2D eigenvalue weighted by Crippen LogP contribution is 2.30. The van der Waals surface area contributed by atoms with Crippen LogP contribution in [0.15, 0.2) is 42.5 Å². The molecular formula is C24H25ClN2O3. The lowest BCUT2D eigenvalue weighted by molar-refractivity contribution is -0.0192. The first-order valence-corrected chi connectivity index (χ1v) is 11.0. The van der Waals surface area contributed by atoms with Crippen molar-refractivity contribution in [2.45, 2.75) is 44.3 Å². The number of piperidine rings is 1.